The van der Waals surface area contributed by atoms with Gasteiger partial charge in [-0.3, -0.25) is 4.98 Å². The molecule has 0 unspecified atom stereocenters. The summed E-state index contributed by atoms with van der Waals surface area (Å²) < 4.78 is 0. The van der Waals surface area contributed by atoms with Crippen molar-refractivity contribution in [3.63, 3.8) is 0 Å². The molecule has 0 spiro atoms. The van der Waals surface area contributed by atoms with Crippen LogP contribution in [0.4, 0.5) is 0 Å². The molecule has 1 aromatic carbocycles. The molecule has 1 N–H and O–H groups in total. The highest BCUT2D eigenvalue weighted by Crippen LogP contribution is 2.22. The monoisotopic (exact) mass is 256 g/mol. The molecule has 2 nitrogen and oxygen atoms in total. The standard InChI is InChI=1S/C17H24N2/c1-4-17(5-2,6-3)19-13-15-9-7-8-14-12-18-11-10-16(14)15/h7-12,19H,4-6,13H2,1-3H3. The molecule has 1 heterocycles. The Labute approximate surface area is 116 Å². The SMILES string of the molecule is CCC(CC)(CC)NCc1cccc2cnccc12. The van der Waals surface area contributed by atoms with Crippen LogP contribution >= 0.6 is 0 Å². The summed E-state index contributed by atoms with van der Waals surface area (Å²) in [6.07, 6.45) is 7.33. The van der Waals surface area contributed by atoms with Crippen molar-refractivity contribution in [2.75, 3.05) is 0 Å². The lowest BCUT2D eigenvalue weighted by Gasteiger charge is -2.32. The Kier molecular flexibility index (Phi) is 4.54. The summed E-state index contributed by atoms with van der Waals surface area (Å²) in [5.41, 5.74) is 1.63. The van der Waals surface area contributed by atoms with Gasteiger partial charge in [-0.05, 0) is 36.3 Å². The van der Waals surface area contributed by atoms with Crippen molar-refractivity contribution < 1.29 is 0 Å². The molecule has 0 atom stereocenters. The number of nitrogens with zero attached hydrogens (tertiary/aromatic N) is 1. The third-order valence-electron chi connectivity index (χ3n) is 4.46. The molecule has 0 saturated heterocycles. The van der Waals surface area contributed by atoms with Crippen molar-refractivity contribution in [2.45, 2.75) is 52.1 Å². The molecule has 0 radical (unpaired) electrons. The Hall–Kier alpha value is -1.41. The minimum absolute atomic E-state index is 0.273. The summed E-state index contributed by atoms with van der Waals surface area (Å²) in [6, 6.07) is 8.56. The van der Waals surface area contributed by atoms with Gasteiger partial charge in [0, 0.05) is 29.9 Å². The van der Waals surface area contributed by atoms with Gasteiger partial charge in [-0.15, -0.1) is 0 Å². The first-order valence-corrected chi connectivity index (χ1v) is 7.31. The van der Waals surface area contributed by atoms with Crippen molar-refractivity contribution in [1.29, 1.82) is 0 Å². The highest BCUT2D eigenvalue weighted by molar-refractivity contribution is 5.84. The number of fused-ring (bicyclic) bond motifs is 1. The second-order valence-corrected chi connectivity index (χ2v) is 5.21. The minimum Gasteiger partial charge on any atom is -0.307 e. The van der Waals surface area contributed by atoms with E-state index in [2.05, 4.69) is 55.3 Å². The molecular formula is C17H24N2. The van der Waals surface area contributed by atoms with Crippen LogP contribution in [0.15, 0.2) is 36.7 Å². The quantitative estimate of drug-likeness (QED) is 0.833. The fourth-order valence-electron chi connectivity index (χ4n) is 2.75. The number of rotatable bonds is 6. The Bertz CT molecular complexity index is 516. The third-order valence-corrected chi connectivity index (χ3v) is 4.46. The molecule has 0 saturated carbocycles. The summed E-state index contributed by atoms with van der Waals surface area (Å²) >= 11 is 0. The lowest BCUT2D eigenvalue weighted by molar-refractivity contribution is 0.288. The maximum atomic E-state index is 4.19. The minimum atomic E-state index is 0.273. The normalized spacial score (nSPS) is 11.9. The number of hydrogen-bond acceptors (Lipinski definition) is 2. The highest BCUT2D eigenvalue weighted by atomic mass is 15.0. The number of aromatic nitrogens is 1. The Morgan fingerprint density at radius 2 is 1.79 bits per heavy atom. The van der Waals surface area contributed by atoms with Gasteiger partial charge in [-0.25, -0.2) is 0 Å². The molecule has 19 heavy (non-hydrogen) atoms. The van der Waals surface area contributed by atoms with Gasteiger partial charge in [0.15, 0.2) is 0 Å². The fraction of sp³-hybridized carbons (Fsp3) is 0.471. The zero-order valence-electron chi connectivity index (χ0n) is 12.2. The van der Waals surface area contributed by atoms with Crippen molar-refractivity contribution in [3.05, 3.63) is 42.2 Å². The average Bonchev–Trinajstić information content (AvgIpc) is 2.49. The van der Waals surface area contributed by atoms with Gasteiger partial charge in [-0.2, -0.15) is 0 Å². The molecule has 102 valence electrons. The molecule has 2 heteroatoms. The maximum absolute atomic E-state index is 4.19. The topological polar surface area (TPSA) is 24.9 Å². The molecule has 0 aliphatic heterocycles. The molecular weight excluding hydrogens is 232 g/mol. The van der Waals surface area contributed by atoms with E-state index in [1.807, 2.05) is 12.4 Å². The van der Waals surface area contributed by atoms with Crippen LogP contribution in [-0.4, -0.2) is 10.5 Å². The van der Waals surface area contributed by atoms with Crippen LogP contribution in [0.1, 0.15) is 45.6 Å². The van der Waals surface area contributed by atoms with Gasteiger partial charge in [0.05, 0.1) is 0 Å². The second kappa shape index (κ2) is 6.16. The molecule has 1 aromatic heterocycles. The highest BCUT2D eigenvalue weighted by Gasteiger charge is 2.22. The van der Waals surface area contributed by atoms with Crippen LogP contribution < -0.4 is 5.32 Å². The molecule has 0 amide bonds. The van der Waals surface area contributed by atoms with Gasteiger partial charge >= 0.3 is 0 Å². The van der Waals surface area contributed by atoms with E-state index in [1.54, 1.807) is 0 Å². The van der Waals surface area contributed by atoms with Gasteiger partial charge < -0.3 is 5.32 Å². The van der Waals surface area contributed by atoms with E-state index in [1.165, 1.54) is 35.6 Å². The van der Waals surface area contributed by atoms with Crippen LogP contribution in [0, 0.1) is 0 Å². The smallest absolute Gasteiger partial charge is 0.0346 e. The van der Waals surface area contributed by atoms with Gasteiger partial charge in [-0.1, -0.05) is 39.0 Å². The largest absolute Gasteiger partial charge is 0.307 e. The number of benzene rings is 1. The molecule has 0 fully saturated rings. The zero-order chi connectivity index (χ0) is 13.7. The first-order valence-electron chi connectivity index (χ1n) is 7.31. The maximum Gasteiger partial charge on any atom is 0.0346 e. The van der Waals surface area contributed by atoms with Crippen molar-refractivity contribution in [1.82, 2.24) is 10.3 Å². The molecule has 0 aliphatic carbocycles. The zero-order valence-corrected chi connectivity index (χ0v) is 12.2. The molecule has 2 rings (SSSR count). The van der Waals surface area contributed by atoms with Gasteiger partial charge in [0.1, 0.15) is 0 Å². The van der Waals surface area contributed by atoms with E-state index in [0.29, 0.717) is 0 Å². The first kappa shape index (κ1) is 14.0. The molecule has 0 aliphatic rings. The summed E-state index contributed by atoms with van der Waals surface area (Å²) in [5.74, 6) is 0. The summed E-state index contributed by atoms with van der Waals surface area (Å²) in [7, 11) is 0. The fourth-order valence-corrected chi connectivity index (χ4v) is 2.75. The van der Waals surface area contributed by atoms with Crippen LogP contribution in [0.2, 0.25) is 0 Å². The lowest BCUT2D eigenvalue weighted by atomic mass is 9.89. The van der Waals surface area contributed by atoms with Crippen LogP contribution in [0.3, 0.4) is 0 Å². The third kappa shape index (κ3) is 2.95. The average molecular weight is 256 g/mol. The van der Waals surface area contributed by atoms with E-state index in [9.17, 15) is 0 Å². The predicted octanol–water partition coefficient (Wildman–Crippen LogP) is 4.29. The van der Waals surface area contributed by atoms with E-state index in [0.717, 1.165) is 6.54 Å². The predicted molar refractivity (Wildman–Crippen MR) is 82.2 cm³/mol. The summed E-state index contributed by atoms with van der Waals surface area (Å²) in [5, 5.41) is 6.30. The van der Waals surface area contributed by atoms with Crippen LogP contribution in [0.25, 0.3) is 10.8 Å². The van der Waals surface area contributed by atoms with Crippen LogP contribution in [0.5, 0.6) is 0 Å². The van der Waals surface area contributed by atoms with E-state index in [-0.39, 0.29) is 5.54 Å². The second-order valence-electron chi connectivity index (χ2n) is 5.21. The van der Waals surface area contributed by atoms with Crippen molar-refractivity contribution in [2.24, 2.45) is 0 Å². The van der Waals surface area contributed by atoms with Crippen molar-refractivity contribution in [3.8, 4) is 0 Å². The van der Waals surface area contributed by atoms with Gasteiger partial charge in [0.25, 0.3) is 0 Å². The van der Waals surface area contributed by atoms with E-state index < -0.39 is 0 Å². The summed E-state index contributed by atoms with van der Waals surface area (Å²) in [6.45, 7) is 7.74. The molecule has 0 bridgehead atoms. The number of hydrogen-bond donors (Lipinski definition) is 1. The number of nitrogens with one attached hydrogen (secondary N) is 1. The Morgan fingerprint density at radius 1 is 1.05 bits per heavy atom. The van der Waals surface area contributed by atoms with E-state index >= 15 is 0 Å². The lowest BCUT2D eigenvalue weighted by Crippen LogP contribution is -2.43. The first-order chi connectivity index (χ1) is 9.24. The summed E-state index contributed by atoms with van der Waals surface area (Å²) in [4.78, 5) is 4.19. The number of pyridine rings is 1. The van der Waals surface area contributed by atoms with Crippen LogP contribution in [-0.2, 0) is 6.54 Å². The van der Waals surface area contributed by atoms with Gasteiger partial charge in [0.2, 0.25) is 0 Å². The molecule has 2 aromatic rings. The van der Waals surface area contributed by atoms with Crippen molar-refractivity contribution >= 4 is 10.8 Å². The Balaban J connectivity index is 2.22. The van der Waals surface area contributed by atoms with E-state index in [4.69, 9.17) is 0 Å². The Morgan fingerprint density at radius 3 is 2.47 bits per heavy atom.